The minimum absolute atomic E-state index is 0.230. The molecule has 0 bridgehead atoms. The van der Waals surface area contributed by atoms with Gasteiger partial charge in [0.05, 0.1) is 7.11 Å². The van der Waals surface area contributed by atoms with E-state index in [1.54, 1.807) is 7.11 Å². The van der Waals surface area contributed by atoms with E-state index in [0.29, 0.717) is 12.5 Å². The van der Waals surface area contributed by atoms with E-state index in [1.807, 2.05) is 26.0 Å². The first kappa shape index (κ1) is 14.1. The number of aryl methyl sites for hydroxylation is 2. The molecule has 1 aliphatic heterocycles. The second kappa shape index (κ2) is 6.20. The van der Waals surface area contributed by atoms with Crippen molar-refractivity contribution in [3.63, 3.8) is 0 Å². The summed E-state index contributed by atoms with van der Waals surface area (Å²) in [5, 5.41) is 3.43. The van der Waals surface area contributed by atoms with Crippen molar-refractivity contribution in [1.82, 2.24) is 5.32 Å². The molecule has 0 spiro atoms. The van der Waals surface area contributed by atoms with Crippen molar-refractivity contribution in [3.05, 3.63) is 28.8 Å². The first-order valence-electron chi connectivity index (χ1n) is 7.03. The third-order valence-electron chi connectivity index (χ3n) is 3.83. The van der Waals surface area contributed by atoms with Crippen LogP contribution in [0.1, 0.15) is 47.2 Å². The molecule has 2 rings (SSSR count). The molecule has 1 atom stereocenters. The van der Waals surface area contributed by atoms with Gasteiger partial charge >= 0.3 is 0 Å². The van der Waals surface area contributed by atoms with Crippen LogP contribution in [0.2, 0.25) is 0 Å². The Labute approximate surface area is 115 Å². The second-order valence-electron chi connectivity index (χ2n) is 5.42. The molecule has 1 unspecified atom stereocenters. The van der Waals surface area contributed by atoms with Gasteiger partial charge in [0.15, 0.2) is 5.78 Å². The van der Waals surface area contributed by atoms with Gasteiger partial charge < -0.3 is 10.1 Å². The fraction of sp³-hybridized carbons (Fsp3) is 0.562. The summed E-state index contributed by atoms with van der Waals surface area (Å²) >= 11 is 0. The predicted molar refractivity (Wildman–Crippen MR) is 77.1 cm³/mol. The molecule has 3 nitrogen and oxygen atoms in total. The van der Waals surface area contributed by atoms with E-state index in [2.05, 4.69) is 5.32 Å². The van der Waals surface area contributed by atoms with Gasteiger partial charge in [-0.1, -0.05) is 6.42 Å². The maximum Gasteiger partial charge on any atom is 0.164 e. The molecule has 104 valence electrons. The maximum absolute atomic E-state index is 12.3. The highest BCUT2D eigenvalue weighted by atomic mass is 16.5. The topological polar surface area (TPSA) is 38.3 Å². The van der Waals surface area contributed by atoms with Crippen molar-refractivity contribution in [3.8, 4) is 5.75 Å². The monoisotopic (exact) mass is 261 g/mol. The van der Waals surface area contributed by atoms with Gasteiger partial charge in [-0.3, -0.25) is 4.79 Å². The van der Waals surface area contributed by atoms with Gasteiger partial charge in [-0.05, 0) is 56.5 Å². The lowest BCUT2D eigenvalue weighted by Crippen LogP contribution is -2.35. The summed E-state index contributed by atoms with van der Waals surface area (Å²) < 4.78 is 5.34. The lowest BCUT2D eigenvalue weighted by atomic mass is 9.95. The van der Waals surface area contributed by atoms with E-state index in [9.17, 15) is 4.79 Å². The number of rotatable bonds is 4. The summed E-state index contributed by atoms with van der Waals surface area (Å²) in [6.45, 7) is 5.02. The van der Waals surface area contributed by atoms with Crippen molar-refractivity contribution in [2.24, 2.45) is 0 Å². The number of benzene rings is 1. The highest BCUT2D eigenvalue weighted by molar-refractivity contribution is 5.97. The van der Waals surface area contributed by atoms with E-state index in [1.165, 1.54) is 12.8 Å². The van der Waals surface area contributed by atoms with E-state index in [-0.39, 0.29) is 5.78 Å². The molecule has 1 N–H and O–H groups in total. The van der Waals surface area contributed by atoms with Crippen LogP contribution in [0, 0.1) is 13.8 Å². The molecular formula is C16H23NO2. The molecule has 19 heavy (non-hydrogen) atoms. The first-order chi connectivity index (χ1) is 9.11. The van der Waals surface area contributed by atoms with Crippen LogP contribution in [0.3, 0.4) is 0 Å². The molecule has 1 fully saturated rings. The summed E-state index contributed by atoms with van der Waals surface area (Å²) in [5.41, 5.74) is 2.87. The molecule has 0 saturated carbocycles. The maximum atomic E-state index is 12.3. The highest BCUT2D eigenvalue weighted by Crippen LogP contribution is 2.25. The van der Waals surface area contributed by atoms with Gasteiger partial charge in [-0.15, -0.1) is 0 Å². The Bertz CT molecular complexity index is 439. The Balaban J connectivity index is 2.10. The zero-order chi connectivity index (χ0) is 13.8. The standard InChI is InChI=1S/C16H23NO2/c1-11-8-13(9-12(2)16(11)19-3)15(18)10-14-6-4-5-7-17-14/h8-9,14,17H,4-7,10H2,1-3H3. The van der Waals surface area contributed by atoms with Gasteiger partial charge in [0.25, 0.3) is 0 Å². The Morgan fingerprint density at radius 1 is 1.32 bits per heavy atom. The molecule has 0 amide bonds. The van der Waals surface area contributed by atoms with Crippen molar-refractivity contribution < 1.29 is 9.53 Å². The Morgan fingerprint density at radius 2 is 2.00 bits per heavy atom. The third kappa shape index (κ3) is 3.35. The molecule has 3 heteroatoms. The smallest absolute Gasteiger partial charge is 0.164 e. The summed E-state index contributed by atoms with van der Waals surface area (Å²) in [7, 11) is 1.67. The van der Waals surface area contributed by atoms with Crippen LogP contribution in [0.15, 0.2) is 12.1 Å². The normalized spacial score (nSPS) is 19.2. The van der Waals surface area contributed by atoms with Crippen LogP contribution in [0.25, 0.3) is 0 Å². The predicted octanol–water partition coefficient (Wildman–Crippen LogP) is 3.03. The van der Waals surface area contributed by atoms with Crippen molar-refractivity contribution in [2.45, 2.75) is 45.6 Å². The molecule has 0 aromatic heterocycles. The molecule has 1 saturated heterocycles. The summed E-state index contributed by atoms with van der Waals surface area (Å²) in [5.74, 6) is 1.11. The van der Waals surface area contributed by atoms with E-state index in [4.69, 9.17) is 4.74 Å². The number of piperidine rings is 1. The summed E-state index contributed by atoms with van der Waals surface area (Å²) in [6, 6.07) is 4.23. The molecule has 1 heterocycles. The number of ketones is 1. The molecule has 1 aromatic rings. The number of ether oxygens (including phenoxy) is 1. The Morgan fingerprint density at radius 3 is 2.53 bits per heavy atom. The molecular weight excluding hydrogens is 238 g/mol. The Kier molecular flexibility index (Phi) is 4.59. The lowest BCUT2D eigenvalue weighted by Gasteiger charge is -2.23. The fourth-order valence-corrected chi connectivity index (χ4v) is 2.87. The van der Waals surface area contributed by atoms with Crippen LogP contribution < -0.4 is 10.1 Å². The molecule has 1 aliphatic rings. The van der Waals surface area contributed by atoms with Crippen LogP contribution in [-0.2, 0) is 0 Å². The fourth-order valence-electron chi connectivity index (χ4n) is 2.87. The van der Waals surface area contributed by atoms with Gasteiger partial charge in [-0.25, -0.2) is 0 Å². The van der Waals surface area contributed by atoms with Crippen molar-refractivity contribution in [2.75, 3.05) is 13.7 Å². The number of Topliss-reactive ketones (excluding diaryl/α,β-unsaturated/α-hetero) is 1. The van der Waals surface area contributed by atoms with Crippen LogP contribution in [0.5, 0.6) is 5.75 Å². The van der Waals surface area contributed by atoms with Crippen molar-refractivity contribution in [1.29, 1.82) is 0 Å². The van der Waals surface area contributed by atoms with Gasteiger partial charge in [0, 0.05) is 18.0 Å². The average molecular weight is 261 g/mol. The molecule has 0 aliphatic carbocycles. The largest absolute Gasteiger partial charge is 0.496 e. The zero-order valence-electron chi connectivity index (χ0n) is 12.1. The van der Waals surface area contributed by atoms with Crippen LogP contribution >= 0.6 is 0 Å². The summed E-state index contributed by atoms with van der Waals surface area (Å²) in [6.07, 6.45) is 4.17. The number of hydrogen-bond donors (Lipinski definition) is 1. The highest BCUT2D eigenvalue weighted by Gasteiger charge is 2.18. The van der Waals surface area contributed by atoms with E-state index < -0.39 is 0 Å². The van der Waals surface area contributed by atoms with Gasteiger partial charge in [0.2, 0.25) is 0 Å². The number of hydrogen-bond acceptors (Lipinski definition) is 3. The minimum Gasteiger partial charge on any atom is -0.496 e. The molecule has 0 radical (unpaired) electrons. The third-order valence-corrected chi connectivity index (χ3v) is 3.83. The number of carbonyl (C=O) groups excluding carboxylic acids is 1. The first-order valence-corrected chi connectivity index (χ1v) is 7.03. The average Bonchev–Trinajstić information content (AvgIpc) is 2.39. The quantitative estimate of drug-likeness (QED) is 0.847. The molecule has 1 aromatic carbocycles. The van der Waals surface area contributed by atoms with Crippen LogP contribution in [-0.4, -0.2) is 25.5 Å². The minimum atomic E-state index is 0.230. The van der Waals surface area contributed by atoms with Crippen molar-refractivity contribution >= 4 is 5.78 Å². The Hall–Kier alpha value is -1.35. The number of carbonyl (C=O) groups is 1. The zero-order valence-corrected chi connectivity index (χ0v) is 12.1. The summed E-state index contributed by atoms with van der Waals surface area (Å²) in [4.78, 5) is 12.3. The van der Waals surface area contributed by atoms with Gasteiger partial charge in [-0.2, -0.15) is 0 Å². The van der Waals surface area contributed by atoms with E-state index >= 15 is 0 Å². The van der Waals surface area contributed by atoms with Gasteiger partial charge in [0.1, 0.15) is 5.75 Å². The number of nitrogens with one attached hydrogen (secondary N) is 1. The SMILES string of the molecule is COc1c(C)cc(C(=O)CC2CCCCN2)cc1C. The number of methoxy groups -OCH3 is 1. The van der Waals surface area contributed by atoms with E-state index in [0.717, 1.165) is 35.4 Å². The second-order valence-corrected chi connectivity index (χ2v) is 5.42. The van der Waals surface area contributed by atoms with Crippen LogP contribution in [0.4, 0.5) is 0 Å². The lowest BCUT2D eigenvalue weighted by molar-refractivity contribution is 0.0963.